The van der Waals surface area contributed by atoms with E-state index >= 15 is 0 Å². The number of hydrogen-bond acceptors (Lipinski definition) is 6. The van der Waals surface area contributed by atoms with Crippen molar-refractivity contribution < 1.29 is 23.9 Å². The van der Waals surface area contributed by atoms with Gasteiger partial charge in [-0.15, -0.1) is 0 Å². The molecule has 0 radical (unpaired) electrons. The van der Waals surface area contributed by atoms with Crippen molar-refractivity contribution in [2.75, 3.05) is 18.5 Å². The van der Waals surface area contributed by atoms with Crippen LogP contribution in [0.2, 0.25) is 5.02 Å². The van der Waals surface area contributed by atoms with Crippen molar-refractivity contribution in [1.29, 1.82) is 0 Å². The van der Waals surface area contributed by atoms with Gasteiger partial charge in [0.2, 0.25) is 5.91 Å². The van der Waals surface area contributed by atoms with Gasteiger partial charge < -0.3 is 14.8 Å². The monoisotopic (exact) mass is 678 g/mol. The number of carbonyl (C=O) groups is 3. The fourth-order valence-electron chi connectivity index (χ4n) is 3.47. The highest BCUT2D eigenvalue weighted by molar-refractivity contribution is 9.11. The molecule has 3 amide bonds. The van der Waals surface area contributed by atoms with Gasteiger partial charge in [0.25, 0.3) is 11.1 Å². The number of rotatable bonds is 9. The first-order chi connectivity index (χ1) is 18.2. The molecule has 0 atom stereocenters. The molecule has 1 heterocycles. The molecule has 1 aliphatic heterocycles. The maximum Gasteiger partial charge on any atom is 0.294 e. The summed E-state index contributed by atoms with van der Waals surface area (Å²) in [6.07, 6.45) is 1.60. The third kappa shape index (κ3) is 7.19. The van der Waals surface area contributed by atoms with E-state index in [9.17, 15) is 14.4 Å². The van der Waals surface area contributed by atoms with E-state index in [2.05, 4.69) is 37.2 Å². The summed E-state index contributed by atoms with van der Waals surface area (Å²) in [4.78, 5) is 39.0. The van der Waals surface area contributed by atoms with E-state index in [1.54, 1.807) is 54.6 Å². The molecule has 0 unspecified atom stereocenters. The van der Waals surface area contributed by atoms with Gasteiger partial charge in [0, 0.05) is 10.7 Å². The van der Waals surface area contributed by atoms with E-state index in [4.69, 9.17) is 21.1 Å². The predicted molar refractivity (Wildman–Crippen MR) is 157 cm³/mol. The molecule has 38 heavy (non-hydrogen) atoms. The van der Waals surface area contributed by atoms with Crippen LogP contribution in [0, 0.1) is 0 Å². The number of carbonyl (C=O) groups excluding carboxylic acids is 3. The molecule has 0 aromatic heterocycles. The molecule has 0 saturated carbocycles. The van der Waals surface area contributed by atoms with E-state index in [-0.39, 0.29) is 11.4 Å². The molecule has 0 aliphatic carbocycles. The van der Waals surface area contributed by atoms with Gasteiger partial charge in [-0.25, -0.2) is 0 Å². The van der Waals surface area contributed by atoms with E-state index in [1.807, 2.05) is 19.1 Å². The SMILES string of the molecule is CCOc1ccc(NC(=O)CN2C(=O)S/C(=C/c3cc(Br)c(OCc4ccc(Cl)cc4)c(Br)c3)C2=O)cc1. The number of hydrogen-bond donors (Lipinski definition) is 1. The Labute approximate surface area is 245 Å². The fourth-order valence-corrected chi connectivity index (χ4v) is 5.88. The van der Waals surface area contributed by atoms with Crippen molar-refractivity contribution in [3.05, 3.63) is 90.7 Å². The zero-order chi connectivity index (χ0) is 27.2. The molecule has 3 aromatic rings. The van der Waals surface area contributed by atoms with Crippen molar-refractivity contribution in [1.82, 2.24) is 4.90 Å². The summed E-state index contributed by atoms with van der Waals surface area (Å²) in [5, 5.41) is 2.83. The summed E-state index contributed by atoms with van der Waals surface area (Å²) in [5.74, 6) is 0.264. The second-order valence-corrected chi connectivity index (χ2v) is 11.1. The average Bonchev–Trinajstić information content (AvgIpc) is 3.13. The fraction of sp³-hybridized carbons (Fsp3) is 0.148. The summed E-state index contributed by atoms with van der Waals surface area (Å²) < 4.78 is 12.7. The zero-order valence-corrected chi connectivity index (χ0v) is 24.7. The smallest absolute Gasteiger partial charge is 0.294 e. The van der Waals surface area contributed by atoms with Gasteiger partial charge in [0.05, 0.1) is 20.5 Å². The number of anilines is 1. The molecule has 11 heteroatoms. The highest BCUT2D eigenvalue weighted by atomic mass is 79.9. The molecule has 1 N–H and O–H groups in total. The van der Waals surface area contributed by atoms with E-state index in [0.717, 1.165) is 22.2 Å². The standard InChI is InChI=1S/C27H21Br2ClN2O5S/c1-2-36-20-9-7-19(8-10-20)31-24(33)14-32-26(34)23(38-27(32)35)13-17-11-21(28)25(22(29)12-17)37-15-16-3-5-18(30)6-4-16/h3-13H,2,14-15H2,1H3,(H,31,33)/b23-13+. The third-order valence-corrected chi connectivity index (χ3v) is 7.58. The number of ether oxygens (including phenoxy) is 2. The summed E-state index contributed by atoms with van der Waals surface area (Å²) in [6.45, 7) is 2.37. The largest absolute Gasteiger partial charge is 0.494 e. The van der Waals surface area contributed by atoms with Crippen molar-refractivity contribution in [3.8, 4) is 11.5 Å². The van der Waals surface area contributed by atoms with Crippen LogP contribution in [0.5, 0.6) is 11.5 Å². The molecule has 196 valence electrons. The van der Waals surface area contributed by atoms with Crippen LogP contribution < -0.4 is 14.8 Å². The Morgan fingerprint density at radius 3 is 2.32 bits per heavy atom. The van der Waals surface area contributed by atoms with E-state index in [1.165, 1.54) is 0 Å². The molecule has 4 rings (SSSR count). The minimum atomic E-state index is -0.530. The second kappa shape index (κ2) is 12.8. The first-order valence-corrected chi connectivity index (χ1v) is 14.2. The number of nitrogens with one attached hydrogen (secondary N) is 1. The molecule has 0 spiro atoms. The number of thioether (sulfide) groups is 1. The average molecular weight is 681 g/mol. The van der Waals surface area contributed by atoms with Crippen LogP contribution in [0.15, 0.2) is 74.5 Å². The van der Waals surface area contributed by atoms with Gasteiger partial charge in [-0.05, 0) is 116 Å². The van der Waals surface area contributed by atoms with Crippen LogP contribution >= 0.6 is 55.2 Å². The molecule has 1 aliphatic rings. The Kier molecular flexibility index (Phi) is 9.54. The molecule has 1 saturated heterocycles. The minimum Gasteiger partial charge on any atom is -0.494 e. The first-order valence-electron chi connectivity index (χ1n) is 11.4. The summed E-state index contributed by atoms with van der Waals surface area (Å²) >= 11 is 13.7. The minimum absolute atomic E-state index is 0.220. The van der Waals surface area contributed by atoms with Gasteiger partial charge in [-0.3, -0.25) is 19.3 Å². The molecule has 0 bridgehead atoms. The highest BCUT2D eigenvalue weighted by Crippen LogP contribution is 2.38. The van der Waals surface area contributed by atoms with Gasteiger partial charge in [-0.1, -0.05) is 23.7 Å². The molecule has 7 nitrogen and oxygen atoms in total. The second-order valence-electron chi connectivity index (χ2n) is 8.00. The van der Waals surface area contributed by atoms with Crippen molar-refractivity contribution in [3.63, 3.8) is 0 Å². The van der Waals surface area contributed by atoms with Crippen LogP contribution in [0.25, 0.3) is 6.08 Å². The zero-order valence-electron chi connectivity index (χ0n) is 20.0. The maximum atomic E-state index is 12.9. The van der Waals surface area contributed by atoms with Crippen LogP contribution in [0.1, 0.15) is 18.1 Å². The van der Waals surface area contributed by atoms with Gasteiger partial charge in [0.1, 0.15) is 24.7 Å². The van der Waals surface area contributed by atoms with Crippen molar-refractivity contribution in [2.45, 2.75) is 13.5 Å². The number of imide groups is 1. The molecule has 3 aromatic carbocycles. The van der Waals surface area contributed by atoms with Gasteiger partial charge in [0.15, 0.2) is 0 Å². The third-order valence-electron chi connectivity index (χ3n) is 5.24. The Bertz CT molecular complexity index is 1370. The summed E-state index contributed by atoms with van der Waals surface area (Å²) in [6, 6.07) is 17.8. The number of benzene rings is 3. The van der Waals surface area contributed by atoms with E-state index in [0.29, 0.717) is 49.9 Å². The van der Waals surface area contributed by atoms with Crippen LogP contribution in [-0.2, 0) is 16.2 Å². The van der Waals surface area contributed by atoms with Crippen molar-refractivity contribution >= 4 is 84.0 Å². The van der Waals surface area contributed by atoms with Crippen LogP contribution in [-0.4, -0.2) is 35.1 Å². The van der Waals surface area contributed by atoms with Crippen molar-refractivity contribution in [2.24, 2.45) is 0 Å². The number of nitrogens with zero attached hydrogens (tertiary/aromatic N) is 1. The highest BCUT2D eigenvalue weighted by Gasteiger charge is 2.36. The Hall–Kier alpha value is -2.79. The number of amides is 3. The quantitative estimate of drug-likeness (QED) is 0.236. The van der Waals surface area contributed by atoms with Gasteiger partial charge in [-0.2, -0.15) is 0 Å². The lowest BCUT2D eigenvalue weighted by Crippen LogP contribution is -2.36. The van der Waals surface area contributed by atoms with Gasteiger partial charge >= 0.3 is 0 Å². The first kappa shape index (κ1) is 28.2. The molecule has 1 fully saturated rings. The lowest BCUT2D eigenvalue weighted by molar-refractivity contribution is -0.127. The Morgan fingerprint density at radius 1 is 1.03 bits per heavy atom. The molecular weight excluding hydrogens is 660 g/mol. The molecular formula is C27H21Br2ClN2O5S. The topological polar surface area (TPSA) is 84.9 Å². The lowest BCUT2D eigenvalue weighted by Gasteiger charge is -2.13. The summed E-state index contributed by atoms with van der Waals surface area (Å²) in [7, 11) is 0. The Balaban J connectivity index is 1.40. The maximum absolute atomic E-state index is 12.9. The van der Waals surface area contributed by atoms with Crippen LogP contribution in [0.3, 0.4) is 0 Å². The normalized spacial score (nSPS) is 14.2. The summed E-state index contributed by atoms with van der Waals surface area (Å²) in [5.41, 5.74) is 2.17. The predicted octanol–water partition coefficient (Wildman–Crippen LogP) is 7.52. The van der Waals surface area contributed by atoms with Crippen LogP contribution in [0.4, 0.5) is 10.5 Å². The Morgan fingerprint density at radius 2 is 1.68 bits per heavy atom. The number of halogens is 3. The van der Waals surface area contributed by atoms with E-state index < -0.39 is 17.1 Å². The lowest BCUT2D eigenvalue weighted by atomic mass is 10.2.